The summed E-state index contributed by atoms with van der Waals surface area (Å²) in [5, 5.41) is 3.59. The molecule has 1 N–H and O–H groups in total. The van der Waals surface area contributed by atoms with Crippen LogP contribution in [-0.2, 0) is 13.2 Å². The molecule has 0 amide bonds. The van der Waals surface area contributed by atoms with Crippen molar-refractivity contribution >= 4 is 5.69 Å². The topological polar surface area (TPSA) is 55.4 Å². The van der Waals surface area contributed by atoms with Crippen LogP contribution in [-0.4, -0.2) is 65.5 Å². The van der Waals surface area contributed by atoms with Gasteiger partial charge in [0, 0.05) is 57.9 Å². The Kier molecular flexibility index (Phi) is 10.4. The Hall–Kier alpha value is -4.20. The predicted molar refractivity (Wildman–Crippen MR) is 174 cm³/mol. The fourth-order valence-electron chi connectivity index (χ4n) is 5.70. The summed E-state index contributed by atoms with van der Waals surface area (Å²) in [6, 6.07) is 29.0. The van der Waals surface area contributed by atoms with Gasteiger partial charge >= 0.3 is 0 Å². The van der Waals surface area contributed by atoms with Crippen LogP contribution in [0.3, 0.4) is 0 Å². The quantitative estimate of drug-likeness (QED) is 0.189. The van der Waals surface area contributed by atoms with Crippen LogP contribution in [0.15, 0.2) is 84.9 Å². The molecule has 1 heterocycles. The lowest BCUT2D eigenvalue weighted by molar-refractivity contribution is 0.256. The monoisotopic (exact) mass is 581 g/mol. The molecule has 7 heteroatoms. The highest BCUT2D eigenvalue weighted by atomic mass is 16.5. The lowest BCUT2D eigenvalue weighted by Crippen LogP contribution is -2.48. The highest BCUT2D eigenvalue weighted by molar-refractivity contribution is 5.68. The Labute approximate surface area is 255 Å². The number of para-hydroxylation sites is 2. The van der Waals surface area contributed by atoms with Crippen molar-refractivity contribution in [2.24, 2.45) is 0 Å². The maximum absolute atomic E-state index is 6.26. The van der Waals surface area contributed by atoms with E-state index in [9.17, 15) is 0 Å². The summed E-state index contributed by atoms with van der Waals surface area (Å²) in [4.78, 5) is 4.91. The van der Waals surface area contributed by atoms with Crippen molar-refractivity contribution < 1.29 is 18.9 Å². The van der Waals surface area contributed by atoms with E-state index in [1.165, 1.54) is 22.4 Å². The maximum Gasteiger partial charge on any atom is 0.142 e. The van der Waals surface area contributed by atoms with E-state index in [4.69, 9.17) is 18.9 Å². The third kappa shape index (κ3) is 7.42. The van der Waals surface area contributed by atoms with Gasteiger partial charge in [0.1, 0.15) is 29.6 Å². The van der Waals surface area contributed by atoms with Crippen molar-refractivity contribution in [3.05, 3.63) is 102 Å². The summed E-state index contributed by atoms with van der Waals surface area (Å²) in [6.07, 6.45) is 0. The number of nitrogens with one attached hydrogen (secondary N) is 1. The Morgan fingerprint density at radius 3 is 2.09 bits per heavy atom. The van der Waals surface area contributed by atoms with Gasteiger partial charge in [0.05, 0.1) is 32.6 Å². The second kappa shape index (κ2) is 14.8. The van der Waals surface area contributed by atoms with E-state index in [0.29, 0.717) is 13.2 Å². The van der Waals surface area contributed by atoms with Crippen LogP contribution < -0.4 is 29.2 Å². The minimum atomic E-state index is 0.459. The van der Waals surface area contributed by atoms with Gasteiger partial charge in [-0.25, -0.2) is 0 Å². The summed E-state index contributed by atoms with van der Waals surface area (Å²) in [7, 11) is 5.12. The van der Waals surface area contributed by atoms with Crippen molar-refractivity contribution in [3.8, 4) is 34.1 Å². The summed E-state index contributed by atoms with van der Waals surface area (Å²) in [5.41, 5.74) is 6.95. The first kappa shape index (κ1) is 30.3. The largest absolute Gasteiger partial charge is 0.496 e. The molecule has 0 saturated carbocycles. The van der Waals surface area contributed by atoms with E-state index in [-0.39, 0.29) is 0 Å². The average Bonchev–Trinajstić information content (AvgIpc) is 3.06. The normalized spacial score (nSPS) is 13.5. The van der Waals surface area contributed by atoms with E-state index >= 15 is 0 Å². The zero-order valence-corrected chi connectivity index (χ0v) is 25.8. The molecule has 0 bridgehead atoms. The summed E-state index contributed by atoms with van der Waals surface area (Å²) < 4.78 is 23.4. The second-order valence-corrected chi connectivity index (χ2v) is 10.7. The zero-order chi connectivity index (χ0) is 30.0. The number of piperazine rings is 1. The highest BCUT2D eigenvalue weighted by Gasteiger charge is 2.20. The number of nitrogens with zero attached hydrogens (tertiary/aromatic N) is 2. The molecule has 0 unspecified atom stereocenters. The molecule has 43 heavy (non-hydrogen) atoms. The van der Waals surface area contributed by atoms with Gasteiger partial charge < -0.3 is 29.2 Å². The van der Waals surface area contributed by atoms with Gasteiger partial charge in [0.25, 0.3) is 0 Å². The zero-order valence-electron chi connectivity index (χ0n) is 25.8. The smallest absolute Gasteiger partial charge is 0.142 e. The summed E-state index contributed by atoms with van der Waals surface area (Å²) in [5.74, 6) is 3.16. The van der Waals surface area contributed by atoms with E-state index in [0.717, 1.165) is 73.4 Å². The van der Waals surface area contributed by atoms with Gasteiger partial charge in [0.2, 0.25) is 0 Å². The van der Waals surface area contributed by atoms with Gasteiger partial charge in [0.15, 0.2) is 0 Å². The van der Waals surface area contributed by atoms with E-state index in [1.807, 2.05) is 30.3 Å². The predicted octanol–water partition coefficient (Wildman–Crippen LogP) is 6.18. The Morgan fingerprint density at radius 2 is 1.40 bits per heavy atom. The number of benzene rings is 4. The molecule has 4 aromatic rings. The van der Waals surface area contributed by atoms with Crippen molar-refractivity contribution in [2.75, 3.05) is 65.5 Å². The number of hydrogen-bond acceptors (Lipinski definition) is 7. The first-order valence-corrected chi connectivity index (χ1v) is 14.9. The molecule has 0 atom stereocenters. The van der Waals surface area contributed by atoms with Crippen LogP contribution in [0.25, 0.3) is 11.1 Å². The molecule has 4 aromatic carbocycles. The number of hydrogen-bond donors (Lipinski definition) is 1. The average molecular weight is 582 g/mol. The fourth-order valence-corrected chi connectivity index (χ4v) is 5.70. The molecule has 7 nitrogen and oxygen atoms in total. The molecule has 0 spiro atoms. The van der Waals surface area contributed by atoms with E-state index in [2.05, 4.69) is 76.6 Å². The molecule has 5 rings (SSSR count). The molecular formula is C36H43N3O4. The van der Waals surface area contributed by atoms with Crippen molar-refractivity contribution in [2.45, 2.75) is 20.1 Å². The van der Waals surface area contributed by atoms with Gasteiger partial charge in [-0.3, -0.25) is 4.90 Å². The van der Waals surface area contributed by atoms with Gasteiger partial charge in [-0.1, -0.05) is 60.7 Å². The van der Waals surface area contributed by atoms with Crippen LogP contribution in [0.2, 0.25) is 0 Å². The molecule has 1 aliphatic rings. The molecule has 1 saturated heterocycles. The van der Waals surface area contributed by atoms with E-state index < -0.39 is 0 Å². The maximum atomic E-state index is 6.26. The van der Waals surface area contributed by atoms with Gasteiger partial charge in [-0.2, -0.15) is 0 Å². The standard InChI is InChI=1S/C36H43N3O4/c1-27-29(13-10-14-31(27)28-11-6-5-7-12-28)26-43-30-23-35(41-3)32(36(24-30)42-4)25-37-17-18-38-19-21-39(22-20-38)33-15-8-9-16-34(33)40-2/h5-16,23-24,37H,17-22,25-26H2,1-4H3. The molecule has 226 valence electrons. The fraction of sp³-hybridized carbons (Fsp3) is 0.333. The first-order valence-electron chi connectivity index (χ1n) is 14.9. The van der Waals surface area contributed by atoms with Gasteiger partial charge in [-0.05, 0) is 41.3 Å². The lowest BCUT2D eigenvalue weighted by atomic mass is 9.97. The third-order valence-corrected chi connectivity index (χ3v) is 8.21. The number of anilines is 1. The van der Waals surface area contributed by atoms with Crippen molar-refractivity contribution in [1.29, 1.82) is 0 Å². The molecule has 0 radical (unpaired) electrons. The molecular weight excluding hydrogens is 538 g/mol. The van der Waals surface area contributed by atoms with Crippen LogP contribution in [0.4, 0.5) is 5.69 Å². The van der Waals surface area contributed by atoms with E-state index in [1.54, 1.807) is 21.3 Å². The van der Waals surface area contributed by atoms with Crippen LogP contribution in [0, 0.1) is 6.92 Å². The lowest BCUT2D eigenvalue weighted by Gasteiger charge is -2.36. The molecule has 1 fully saturated rings. The SMILES string of the molecule is COc1ccccc1N1CCN(CCNCc2c(OC)cc(OCc3cccc(-c4ccccc4)c3C)cc2OC)CC1. The molecule has 1 aliphatic heterocycles. The first-order chi connectivity index (χ1) is 21.1. The number of methoxy groups -OCH3 is 3. The highest BCUT2D eigenvalue weighted by Crippen LogP contribution is 2.35. The summed E-state index contributed by atoms with van der Waals surface area (Å²) in [6.45, 7) is 9.12. The Balaban J connectivity index is 1.15. The third-order valence-electron chi connectivity index (χ3n) is 8.21. The minimum absolute atomic E-state index is 0.459. The number of ether oxygens (including phenoxy) is 4. The van der Waals surface area contributed by atoms with Crippen LogP contribution in [0.1, 0.15) is 16.7 Å². The Morgan fingerprint density at radius 1 is 0.721 bits per heavy atom. The Bertz CT molecular complexity index is 1440. The number of rotatable bonds is 13. The van der Waals surface area contributed by atoms with Crippen molar-refractivity contribution in [1.82, 2.24) is 10.2 Å². The van der Waals surface area contributed by atoms with Crippen LogP contribution in [0.5, 0.6) is 23.0 Å². The summed E-state index contributed by atoms with van der Waals surface area (Å²) >= 11 is 0. The van der Waals surface area contributed by atoms with Crippen LogP contribution >= 0.6 is 0 Å². The minimum Gasteiger partial charge on any atom is -0.496 e. The van der Waals surface area contributed by atoms with Crippen molar-refractivity contribution in [3.63, 3.8) is 0 Å². The second-order valence-electron chi connectivity index (χ2n) is 10.7. The molecule has 0 aromatic heterocycles. The van der Waals surface area contributed by atoms with Gasteiger partial charge in [-0.15, -0.1) is 0 Å². The molecule has 0 aliphatic carbocycles.